The number of nitriles is 1. The van der Waals surface area contributed by atoms with Crippen LogP contribution < -0.4 is 11.1 Å². The molecule has 0 unspecified atom stereocenters. The van der Waals surface area contributed by atoms with Gasteiger partial charge in [0.2, 0.25) is 0 Å². The number of hydrogen-bond acceptors (Lipinski definition) is 3. The zero-order chi connectivity index (χ0) is 21.3. The summed E-state index contributed by atoms with van der Waals surface area (Å²) in [5.41, 5.74) is 8.19. The molecule has 7 nitrogen and oxygen atoms in total. The van der Waals surface area contributed by atoms with E-state index in [9.17, 15) is 19.2 Å². The second kappa shape index (κ2) is 7.72. The van der Waals surface area contributed by atoms with Crippen LogP contribution >= 0.6 is 0 Å². The van der Waals surface area contributed by atoms with Gasteiger partial charge in [-0.15, -0.1) is 0 Å². The summed E-state index contributed by atoms with van der Waals surface area (Å²) in [4.78, 5) is 26.4. The maximum atomic E-state index is 13.4. The van der Waals surface area contributed by atoms with Gasteiger partial charge in [-0.3, -0.25) is 4.79 Å². The van der Waals surface area contributed by atoms with Crippen molar-refractivity contribution in [3.63, 3.8) is 0 Å². The SMILES string of the molecule is N#Cc1c(C(N)=O)c2n(c1-c1ccccc1)CCN(C(=O)Nc1cccc(F)c1)C2. The van der Waals surface area contributed by atoms with E-state index in [1.807, 2.05) is 34.9 Å². The van der Waals surface area contributed by atoms with E-state index in [0.717, 1.165) is 5.56 Å². The molecule has 3 aromatic rings. The van der Waals surface area contributed by atoms with Gasteiger partial charge < -0.3 is 20.5 Å². The van der Waals surface area contributed by atoms with Crippen LogP contribution in [0.2, 0.25) is 0 Å². The van der Waals surface area contributed by atoms with E-state index >= 15 is 0 Å². The van der Waals surface area contributed by atoms with Crippen LogP contribution in [-0.4, -0.2) is 28.0 Å². The number of nitrogens with one attached hydrogen (secondary N) is 1. The van der Waals surface area contributed by atoms with Crippen LogP contribution in [0.15, 0.2) is 54.6 Å². The monoisotopic (exact) mass is 403 g/mol. The van der Waals surface area contributed by atoms with E-state index in [-0.39, 0.29) is 17.7 Å². The Labute approximate surface area is 172 Å². The average molecular weight is 403 g/mol. The van der Waals surface area contributed by atoms with E-state index in [4.69, 9.17) is 5.73 Å². The zero-order valence-corrected chi connectivity index (χ0v) is 15.9. The van der Waals surface area contributed by atoms with Crippen LogP contribution in [0.5, 0.6) is 0 Å². The molecule has 0 saturated heterocycles. The Morgan fingerprint density at radius 1 is 1.10 bits per heavy atom. The van der Waals surface area contributed by atoms with Crippen molar-refractivity contribution in [3.8, 4) is 17.3 Å². The van der Waals surface area contributed by atoms with Gasteiger partial charge >= 0.3 is 6.03 Å². The van der Waals surface area contributed by atoms with Gasteiger partial charge in [0, 0.05) is 18.8 Å². The van der Waals surface area contributed by atoms with E-state index in [1.165, 1.54) is 23.1 Å². The van der Waals surface area contributed by atoms with Crippen LogP contribution in [-0.2, 0) is 13.1 Å². The summed E-state index contributed by atoms with van der Waals surface area (Å²) in [6.45, 7) is 0.838. The predicted octanol–water partition coefficient (Wildman–Crippen LogP) is 3.31. The first-order chi connectivity index (χ1) is 14.5. The van der Waals surface area contributed by atoms with E-state index in [1.54, 1.807) is 6.07 Å². The zero-order valence-electron chi connectivity index (χ0n) is 15.9. The Morgan fingerprint density at radius 3 is 2.53 bits per heavy atom. The first-order valence-corrected chi connectivity index (χ1v) is 9.31. The van der Waals surface area contributed by atoms with Gasteiger partial charge in [-0.05, 0) is 23.8 Å². The topological polar surface area (TPSA) is 104 Å². The Hall–Kier alpha value is -4.12. The third-order valence-electron chi connectivity index (χ3n) is 5.07. The molecule has 2 heterocycles. The Balaban J connectivity index is 1.71. The standard InChI is InChI=1S/C22H18FN5O2/c23-15-7-4-8-16(11-15)26-22(30)27-9-10-28-18(13-27)19(21(25)29)17(12-24)20(28)14-5-2-1-3-6-14/h1-8,11H,9-10,13H2,(H2,25,29)(H,26,30). The highest BCUT2D eigenvalue weighted by molar-refractivity contribution is 6.00. The lowest BCUT2D eigenvalue weighted by Crippen LogP contribution is -2.41. The molecule has 0 fully saturated rings. The Morgan fingerprint density at radius 2 is 1.87 bits per heavy atom. The summed E-state index contributed by atoms with van der Waals surface area (Å²) in [7, 11) is 0. The fourth-order valence-corrected chi connectivity index (χ4v) is 3.77. The summed E-state index contributed by atoms with van der Waals surface area (Å²) in [6, 6.07) is 16.6. The van der Waals surface area contributed by atoms with Crippen molar-refractivity contribution in [1.29, 1.82) is 5.26 Å². The van der Waals surface area contributed by atoms with Crippen molar-refractivity contribution in [2.75, 3.05) is 11.9 Å². The minimum Gasteiger partial charge on any atom is -0.366 e. The van der Waals surface area contributed by atoms with E-state index < -0.39 is 17.8 Å². The summed E-state index contributed by atoms with van der Waals surface area (Å²) < 4.78 is 15.3. The van der Waals surface area contributed by atoms with Gasteiger partial charge in [-0.1, -0.05) is 36.4 Å². The van der Waals surface area contributed by atoms with Crippen molar-refractivity contribution in [1.82, 2.24) is 9.47 Å². The number of nitrogens with zero attached hydrogens (tertiary/aromatic N) is 3. The molecule has 4 rings (SSSR count). The second-order valence-corrected chi connectivity index (χ2v) is 6.90. The molecule has 0 spiro atoms. The molecule has 30 heavy (non-hydrogen) atoms. The highest BCUT2D eigenvalue weighted by Gasteiger charge is 2.32. The van der Waals surface area contributed by atoms with Crippen molar-refractivity contribution in [2.24, 2.45) is 5.73 Å². The number of carbonyl (C=O) groups excluding carboxylic acids is 2. The van der Waals surface area contributed by atoms with Gasteiger partial charge in [0.05, 0.1) is 29.1 Å². The lowest BCUT2D eigenvalue weighted by Gasteiger charge is -2.30. The minimum absolute atomic E-state index is 0.0982. The predicted molar refractivity (Wildman–Crippen MR) is 109 cm³/mol. The third-order valence-corrected chi connectivity index (χ3v) is 5.07. The lowest BCUT2D eigenvalue weighted by atomic mass is 10.0. The van der Waals surface area contributed by atoms with Crippen molar-refractivity contribution >= 4 is 17.6 Å². The fourth-order valence-electron chi connectivity index (χ4n) is 3.77. The lowest BCUT2D eigenvalue weighted by molar-refractivity contribution is 0.0997. The quantitative estimate of drug-likeness (QED) is 0.701. The summed E-state index contributed by atoms with van der Waals surface area (Å²) >= 11 is 0. The summed E-state index contributed by atoms with van der Waals surface area (Å²) in [6.07, 6.45) is 0. The number of amides is 3. The third kappa shape index (κ3) is 3.37. The number of rotatable bonds is 3. The number of halogens is 1. The number of urea groups is 1. The number of benzene rings is 2. The highest BCUT2D eigenvalue weighted by atomic mass is 19.1. The maximum absolute atomic E-state index is 13.4. The number of anilines is 1. The normalized spacial score (nSPS) is 12.7. The largest absolute Gasteiger partial charge is 0.366 e. The van der Waals surface area contributed by atoms with Crippen LogP contribution in [0.4, 0.5) is 14.9 Å². The number of carbonyl (C=O) groups is 2. The highest BCUT2D eigenvalue weighted by Crippen LogP contribution is 2.34. The van der Waals surface area contributed by atoms with Crippen LogP contribution in [0.25, 0.3) is 11.3 Å². The molecule has 1 aliphatic rings. The molecule has 8 heteroatoms. The first-order valence-electron chi connectivity index (χ1n) is 9.31. The number of hydrogen-bond donors (Lipinski definition) is 2. The molecule has 0 atom stereocenters. The number of primary amides is 1. The average Bonchev–Trinajstić information content (AvgIpc) is 3.08. The molecule has 1 aliphatic heterocycles. The summed E-state index contributed by atoms with van der Waals surface area (Å²) in [5.74, 6) is -1.17. The summed E-state index contributed by atoms with van der Waals surface area (Å²) in [5, 5.41) is 12.4. The van der Waals surface area contributed by atoms with Gasteiger partial charge in [-0.2, -0.15) is 5.26 Å². The molecule has 0 saturated carbocycles. The van der Waals surface area contributed by atoms with Crippen molar-refractivity contribution < 1.29 is 14.0 Å². The van der Waals surface area contributed by atoms with E-state index in [2.05, 4.69) is 11.4 Å². The molecular weight excluding hydrogens is 385 g/mol. The number of fused-ring (bicyclic) bond motifs is 1. The molecule has 3 N–H and O–H groups in total. The first kappa shape index (κ1) is 19.2. The van der Waals surface area contributed by atoms with Crippen LogP contribution in [0.1, 0.15) is 21.6 Å². The molecule has 3 amide bonds. The van der Waals surface area contributed by atoms with Gasteiger partial charge in [-0.25, -0.2) is 9.18 Å². The van der Waals surface area contributed by atoms with Gasteiger partial charge in [0.1, 0.15) is 11.9 Å². The molecule has 0 radical (unpaired) electrons. The Bertz CT molecular complexity index is 1180. The van der Waals surface area contributed by atoms with Crippen LogP contribution in [0.3, 0.4) is 0 Å². The van der Waals surface area contributed by atoms with E-state index in [0.29, 0.717) is 30.2 Å². The van der Waals surface area contributed by atoms with Crippen molar-refractivity contribution in [3.05, 3.63) is 77.2 Å². The molecule has 2 aromatic carbocycles. The second-order valence-electron chi connectivity index (χ2n) is 6.90. The smallest absolute Gasteiger partial charge is 0.322 e. The number of nitrogens with two attached hydrogens (primary N) is 1. The molecule has 1 aromatic heterocycles. The molecule has 0 aliphatic carbocycles. The number of aromatic nitrogens is 1. The minimum atomic E-state index is -0.718. The van der Waals surface area contributed by atoms with Crippen molar-refractivity contribution in [2.45, 2.75) is 13.1 Å². The molecular formula is C22H18FN5O2. The molecule has 0 bridgehead atoms. The Kier molecular flexibility index (Phi) is 4.94. The van der Waals surface area contributed by atoms with Gasteiger partial charge in [0.25, 0.3) is 5.91 Å². The molecule has 150 valence electrons. The maximum Gasteiger partial charge on any atom is 0.322 e. The van der Waals surface area contributed by atoms with Gasteiger partial charge in [0.15, 0.2) is 0 Å². The van der Waals surface area contributed by atoms with Crippen LogP contribution in [0, 0.1) is 17.1 Å². The fraction of sp³-hybridized carbons (Fsp3) is 0.136.